The lowest BCUT2D eigenvalue weighted by Gasteiger charge is -2.46. The average molecular weight is 339 g/mol. The van der Waals surface area contributed by atoms with E-state index in [4.69, 9.17) is 4.42 Å². The Hall–Kier alpha value is -2.60. The van der Waals surface area contributed by atoms with Crippen LogP contribution >= 0.6 is 0 Å². The number of amides is 2. The van der Waals surface area contributed by atoms with Crippen LogP contribution in [0.4, 0.5) is 5.69 Å². The number of rotatable bonds is 2. The molecule has 25 heavy (non-hydrogen) atoms. The molecule has 2 aromatic rings. The molecule has 1 aromatic heterocycles. The molecule has 2 saturated heterocycles. The van der Waals surface area contributed by atoms with Crippen LogP contribution in [0.15, 0.2) is 53.1 Å². The minimum absolute atomic E-state index is 0.0848. The maximum atomic E-state index is 12.6. The van der Waals surface area contributed by atoms with Gasteiger partial charge in [0.25, 0.3) is 5.91 Å². The normalized spacial score (nSPS) is 24.3. The Bertz CT molecular complexity index is 774. The molecular weight excluding hydrogens is 318 g/mol. The fourth-order valence-electron chi connectivity index (χ4n) is 3.83. The molecule has 1 spiro atoms. The van der Waals surface area contributed by atoms with Gasteiger partial charge < -0.3 is 14.2 Å². The van der Waals surface area contributed by atoms with E-state index < -0.39 is 0 Å². The SMILES string of the molecule is CN1CC(=O)N(c2ccccc2)C[C@]12CCN(C(=O)c1ccco1)C2. The van der Waals surface area contributed by atoms with E-state index in [0.717, 1.165) is 12.1 Å². The monoisotopic (exact) mass is 339 g/mol. The summed E-state index contributed by atoms with van der Waals surface area (Å²) in [7, 11) is 1.97. The standard InChI is InChI=1S/C19H21N3O3/c1-20-12-17(23)22(15-6-3-2-4-7-15)14-19(20)9-10-21(13-19)18(24)16-8-5-11-25-16/h2-8,11H,9-10,12-14H2,1H3/t19-/m1/s1. The summed E-state index contributed by atoms with van der Waals surface area (Å²) in [6.45, 7) is 2.21. The van der Waals surface area contributed by atoms with Gasteiger partial charge in [-0.2, -0.15) is 0 Å². The number of carbonyl (C=O) groups is 2. The highest BCUT2D eigenvalue weighted by Crippen LogP contribution is 2.33. The van der Waals surface area contributed by atoms with Gasteiger partial charge in [0.2, 0.25) is 5.91 Å². The van der Waals surface area contributed by atoms with Crippen molar-refractivity contribution in [1.82, 2.24) is 9.80 Å². The van der Waals surface area contributed by atoms with Gasteiger partial charge in [-0.05, 0) is 37.7 Å². The molecule has 6 heteroatoms. The van der Waals surface area contributed by atoms with Crippen LogP contribution in [0, 0.1) is 0 Å². The number of anilines is 1. The Morgan fingerprint density at radius 2 is 1.92 bits per heavy atom. The minimum Gasteiger partial charge on any atom is -0.459 e. The van der Waals surface area contributed by atoms with E-state index >= 15 is 0 Å². The number of hydrogen-bond acceptors (Lipinski definition) is 4. The molecule has 3 heterocycles. The molecule has 0 unspecified atom stereocenters. The molecule has 4 rings (SSSR count). The number of nitrogens with zero attached hydrogens (tertiary/aromatic N) is 3. The minimum atomic E-state index is -0.216. The number of piperazine rings is 1. The molecule has 0 radical (unpaired) electrons. The molecule has 1 aromatic carbocycles. The molecule has 2 fully saturated rings. The van der Waals surface area contributed by atoms with Crippen molar-refractivity contribution in [3.63, 3.8) is 0 Å². The summed E-state index contributed by atoms with van der Waals surface area (Å²) in [5, 5.41) is 0. The largest absolute Gasteiger partial charge is 0.459 e. The summed E-state index contributed by atoms with van der Waals surface area (Å²) < 4.78 is 5.25. The molecule has 0 N–H and O–H groups in total. The van der Waals surface area contributed by atoms with Crippen LogP contribution in [0.2, 0.25) is 0 Å². The number of benzene rings is 1. The van der Waals surface area contributed by atoms with Crippen LogP contribution in [0.3, 0.4) is 0 Å². The summed E-state index contributed by atoms with van der Waals surface area (Å²) >= 11 is 0. The van der Waals surface area contributed by atoms with Gasteiger partial charge in [-0.3, -0.25) is 14.5 Å². The highest BCUT2D eigenvalue weighted by atomic mass is 16.3. The van der Waals surface area contributed by atoms with Crippen LogP contribution in [-0.2, 0) is 4.79 Å². The van der Waals surface area contributed by atoms with E-state index in [1.807, 2.05) is 47.2 Å². The topological polar surface area (TPSA) is 57.0 Å². The fraction of sp³-hybridized carbons (Fsp3) is 0.368. The average Bonchev–Trinajstić information content (AvgIpc) is 3.30. The second-order valence-corrected chi connectivity index (χ2v) is 6.85. The third kappa shape index (κ3) is 2.72. The maximum Gasteiger partial charge on any atom is 0.289 e. The molecule has 2 aliphatic rings. The molecular formula is C19H21N3O3. The molecule has 2 aliphatic heterocycles. The first-order chi connectivity index (χ1) is 12.1. The highest BCUT2D eigenvalue weighted by Gasteiger charge is 2.48. The first kappa shape index (κ1) is 15.9. The van der Waals surface area contributed by atoms with Gasteiger partial charge >= 0.3 is 0 Å². The first-order valence-electron chi connectivity index (χ1n) is 8.48. The number of carbonyl (C=O) groups excluding carboxylic acids is 2. The summed E-state index contributed by atoms with van der Waals surface area (Å²) in [6.07, 6.45) is 2.36. The van der Waals surface area contributed by atoms with Crippen molar-refractivity contribution >= 4 is 17.5 Å². The van der Waals surface area contributed by atoms with Crippen LogP contribution in [-0.4, -0.2) is 60.4 Å². The Morgan fingerprint density at radius 1 is 1.12 bits per heavy atom. The van der Waals surface area contributed by atoms with Crippen LogP contribution in [0.1, 0.15) is 17.0 Å². The molecule has 6 nitrogen and oxygen atoms in total. The lowest BCUT2D eigenvalue weighted by atomic mass is 9.92. The van der Waals surface area contributed by atoms with E-state index in [2.05, 4.69) is 4.90 Å². The van der Waals surface area contributed by atoms with Crippen molar-refractivity contribution in [3.8, 4) is 0 Å². The van der Waals surface area contributed by atoms with Gasteiger partial charge in [0, 0.05) is 25.3 Å². The van der Waals surface area contributed by atoms with Gasteiger partial charge in [-0.15, -0.1) is 0 Å². The lowest BCUT2D eigenvalue weighted by molar-refractivity contribution is -0.123. The van der Waals surface area contributed by atoms with Crippen LogP contribution < -0.4 is 4.90 Å². The van der Waals surface area contributed by atoms with E-state index in [9.17, 15) is 9.59 Å². The number of para-hydroxylation sites is 1. The summed E-state index contributed by atoms with van der Waals surface area (Å²) in [5.41, 5.74) is 0.696. The zero-order chi connectivity index (χ0) is 17.4. The second-order valence-electron chi connectivity index (χ2n) is 6.85. The Labute approximate surface area is 146 Å². The van der Waals surface area contributed by atoms with Gasteiger partial charge in [0.15, 0.2) is 5.76 Å². The fourth-order valence-corrected chi connectivity index (χ4v) is 3.83. The summed E-state index contributed by atoms with van der Waals surface area (Å²) in [4.78, 5) is 30.9. The van der Waals surface area contributed by atoms with E-state index in [1.165, 1.54) is 6.26 Å². The van der Waals surface area contributed by atoms with Crippen molar-refractivity contribution in [2.75, 3.05) is 38.1 Å². The molecule has 0 saturated carbocycles. The summed E-state index contributed by atoms with van der Waals surface area (Å²) in [6, 6.07) is 13.2. The van der Waals surface area contributed by atoms with Gasteiger partial charge in [-0.1, -0.05) is 18.2 Å². The predicted molar refractivity (Wildman–Crippen MR) is 93.4 cm³/mol. The first-order valence-corrected chi connectivity index (χ1v) is 8.48. The van der Waals surface area contributed by atoms with Gasteiger partial charge in [-0.25, -0.2) is 0 Å². The van der Waals surface area contributed by atoms with Crippen molar-refractivity contribution < 1.29 is 14.0 Å². The number of hydrogen-bond donors (Lipinski definition) is 0. The lowest BCUT2D eigenvalue weighted by Crippen LogP contribution is -2.64. The third-order valence-electron chi connectivity index (χ3n) is 5.35. The highest BCUT2D eigenvalue weighted by molar-refractivity contribution is 5.96. The predicted octanol–water partition coefficient (Wildman–Crippen LogP) is 1.84. The van der Waals surface area contributed by atoms with Crippen molar-refractivity contribution in [2.24, 2.45) is 0 Å². The zero-order valence-electron chi connectivity index (χ0n) is 14.2. The third-order valence-corrected chi connectivity index (χ3v) is 5.35. The van der Waals surface area contributed by atoms with Crippen molar-refractivity contribution in [3.05, 3.63) is 54.5 Å². The second kappa shape index (κ2) is 6.04. The number of likely N-dealkylation sites (tertiary alicyclic amines) is 1. The zero-order valence-corrected chi connectivity index (χ0v) is 14.2. The molecule has 0 bridgehead atoms. The van der Waals surface area contributed by atoms with E-state index in [1.54, 1.807) is 12.1 Å². The molecule has 130 valence electrons. The van der Waals surface area contributed by atoms with E-state index in [-0.39, 0.29) is 17.4 Å². The Morgan fingerprint density at radius 3 is 2.64 bits per heavy atom. The van der Waals surface area contributed by atoms with Gasteiger partial charge in [0.1, 0.15) is 0 Å². The molecule has 2 amide bonds. The van der Waals surface area contributed by atoms with E-state index in [0.29, 0.717) is 31.9 Å². The quantitative estimate of drug-likeness (QED) is 0.838. The maximum absolute atomic E-state index is 12.6. The molecule has 1 atom stereocenters. The number of likely N-dealkylation sites (N-methyl/N-ethyl adjacent to an activating group) is 1. The van der Waals surface area contributed by atoms with Crippen molar-refractivity contribution in [2.45, 2.75) is 12.0 Å². The van der Waals surface area contributed by atoms with Crippen LogP contribution in [0.5, 0.6) is 0 Å². The van der Waals surface area contributed by atoms with Gasteiger partial charge in [0.05, 0.1) is 18.3 Å². The van der Waals surface area contributed by atoms with Crippen LogP contribution in [0.25, 0.3) is 0 Å². The molecule has 0 aliphatic carbocycles. The smallest absolute Gasteiger partial charge is 0.289 e. The summed E-state index contributed by atoms with van der Waals surface area (Å²) in [5.74, 6) is 0.375. The Kier molecular flexibility index (Phi) is 3.84. The van der Waals surface area contributed by atoms with Crippen molar-refractivity contribution in [1.29, 1.82) is 0 Å². The number of furan rings is 1. The Balaban J connectivity index is 1.56.